The first kappa shape index (κ1) is 11.7. The van der Waals surface area contributed by atoms with E-state index in [1.165, 1.54) is 0 Å². The maximum Gasteiger partial charge on any atom is 0.307 e. The van der Waals surface area contributed by atoms with E-state index in [9.17, 15) is 4.79 Å². The van der Waals surface area contributed by atoms with Crippen LogP contribution in [0.2, 0.25) is 0 Å². The van der Waals surface area contributed by atoms with Gasteiger partial charge < -0.3 is 14.4 Å². The van der Waals surface area contributed by atoms with Crippen molar-refractivity contribution in [2.45, 2.75) is 32.2 Å². The van der Waals surface area contributed by atoms with Gasteiger partial charge in [-0.05, 0) is 25.2 Å². The molecule has 18 heavy (non-hydrogen) atoms. The number of aliphatic carboxylic acids is 1. The van der Waals surface area contributed by atoms with Gasteiger partial charge >= 0.3 is 5.97 Å². The third-order valence-corrected chi connectivity index (χ3v) is 3.93. The molecular weight excluding hydrogens is 232 g/mol. The molecule has 0 radical (unpaired) electrons. The molecule has 2 unspecified atom stereocenters. The molecule has 5 nitrogen and oxygen atoms in total. The Labute approximate surface area is 106 Å². The molecule has 3 rings (SSSR count). The number of nitrogens with zero attached hydrogens (tertiary/aromatic N) is 2. The minimum atomic E-state index is -0.699. The predicted octanol–water partition coefficient (Wildman–Crippen LogP) is 1.11. The van der Waals surface area contributed by atoms with Crippen molar-refractivity contribution in [3.05, 3.63) is 17.7 Å². The minimum Gasteiger partial charge on any atom is -0.481 e. The molecule has 0 aromatic carbocycles. The molecule has 1 aromatic rings. The molecule has 0 amide bonds. The van der Waals surface area contributed by atoms with Crippen LogP contribution >= 0.6 is 0 Å². The molecule has 1 aromatic heterocycles. The number of hydrogen-bond donors (Lipinski definition) is 1. The number of rotatable bonds is 3. The van der Waals surface area contributed by atoms with Crippen LogP contribution in [0.1, 0.15) is 24.4 Å². The highest BCUT2D eigenvalue weighted by atomic mass is 16.5. The zero-order valence-electron chi connectivity index (χ0n) is 10.3. The molecular formula is C13H18N2O3. The summed E-state index contributed by atoms with van der Waals surface area (Å²) < 4.78 is 7.48. The normalized spacial score (nSPS) is 27.1. The topological polar surface area (TPSA) is 64.3 Å². The third-order valence-electron chi connectivity index (χ3n) is 3.93. The molecule has 3 heterocycles. The number of carbonyl (C=O) groups is 1. The summed E-state index contributed by atoms with van der Waals surface area (Å²) in [6.45, 7) is 2.47. The highest BCUT2D eigenvalue weighted by molar-refractivity contribution is 5.70. The van der Waals surface area contributed by atoms with E-state index in [1.807, 2.05) is 0 Å². The lowest BCUT2D eigenvalue weighted by atomic mass is 9.98. The second-order valence-electron chi connectivity index (χ2n) is 5.30. The quantitative estimate of drug-likeness (QED) is 0.872. The summed E-state index contributed by atoms with van der Waals surface area (Å²) in [6.07, 6.45) is 5.44. The van der Waals surface area contributed by atoms with Crippen LogP contribution in [0.15, 0.2) is 6.20 Å². The van der Waals surface area contributed by atoms with Crippen molar-refractivity contribution in [1.29, 1.82) is 0 Å². The van der Waals surface area contributed by atoms with Gasteiger partial charge in [0.2, 0.25) is 0 Å². The summed E-state index contributed by atoms with van der Waals surface area (Å²) in [7, 11) is 0. The van der Waals surface area contributed by atoms with Crippen molar-refractivity contribution in [1.82, 2.24) is 9.55 Å². The summed E-state index contributed by atoms with van der Waals surface area (Å²) in [6, 6.07) is 0. The Balaban J connectivity index is 1.70. The van der Waals surface area contributed by atoms with E-state index in [1.54, 1.807) is 0 Å². The van der Waals surface area contributed by atoms with E-state index in [2.05, 4.69) is 15.7 Å². The van der Waals surface area contributed by atoms with Gasteiger partial charge in [-0.25, -0.2) is 4.98 Å². The SMILES string of the molecule is O=C(O)C1CCn2cc(CC3CCOC3)nc2C1. The van der Waals surface area contributed by atoms with Crippen molar-refractivity contribution in [2.75, 3.05) is 13.2 Å². The standard InChI is InChI=1S/C13H18N2O3/c16-13(17)10-1-3-15-7-11(14-12(15)6-10)5-9-2-4-18-8-9/h7,9-10H,1-6,8H2,(H,16,17). The Morgan fingerprint density at radius 2 is 2.44 bits per heavy atom. The van der Waals surface area contributed by atoms with Gasteiger partial charge in [0, 0.05) is 32.4 Å². The highest BCUT2D eigenvalue weighted by Gasteiger charge is 2.26. The molecule has 1 N–H and O–H groups in total. The van der Waals surface area contributed by atoms with Gasteiger partial charge in [0.1, 0.15) is 5.82 Å². The fourth-order valence-corrected chi connectivity index (χ4v) is 2.84. The summed E-state index contributed by atoms with van der Waals surface area (Å²) in [5.41, 5.74) is 1.09. The molecule has 0 bridgehead atoms. The molecule has 5 heteroatoms. The fraction of sp³-hybridized carbons (Fsp3) is 0.692. The number of carboxylic acid groups (broad SMARTS) is 1. The van der Waals surface area contributed by atoms with Gasteiger partial charge in [0.15, 0.2) is 0 Å². The Morgan fingerprint density at radius 1 is 1.56 bits per heavy atom. The van der Waals surface area contributed by atoms with Crippen LogP contribution in [0.3, 0.4) is 0 Å². The monoisotopic (exact) mass is 250 g/mol. The first-order valence-electron chi connectivity index (χ1n) is 6.58. The Kier molecular flexibility index (Phi) is 3.07. The van der Waals surface area contributed by atoms with Gasteiger partial charge in [-0.3, -0.25) is 4.79 Å². The minimum absolute atomic E-state index is 0.262. The van der Waals surface area contributed by atoms with Crippen molar-refractivity contribution < 1.29 is 14.6 Å². The van der Waals surface area contributed by atoms with Crippen LogP contribution in [0, 0.1) is 11.8 Å². The number of aryl methyl sites for hydroxylation is 1. The van der Waals surface area contributed by atoms with E-state index < -0.39 is 5.97 Å². The van der Waals surface area contributed by atoms with Gasteiger partial charge in [0.25, 0.3) is 0 Å². The number of fused-ring (bicyclic) bond motifs is 1. The Bertz CT molecular complexity index is 449. The lowest BCUT2D eigenvalue weighted by Gasteiger charge is -2.19. The molecule has 0 saturated carbocycles. The third kappa shape index (κ3) is 2.27. The number of ether oxygens (including phenoxy) is 1. The van der Waals surface area contributed by atoms with Crippen LogP contribution in [0.25, 0.3) is 0 Å². The zero-order chi connectivity index (χ0) is 12.5. The number of hydrogen-bond acceptors (Lipinski definition) is 3. The van der Waals surface area contributed by atoms with Crippen molar-refractivity contribution >= 4 is 5.97 Å². The molecule has 1 saturated heterocycles. The average molecular weight is 250 g/mol. The molecule has 1 fully saturated rings. The molecule has 0 aliphatic carbocycles. The van der Waals surface area contributed by atoms with E-state index in [0.29, 0.717) is 18.8 Å². The predicted molar refractivity (Wildman–Crippen MR) is 64.3 cm³/mol. The summed E-state index contributed by atoms with van der Waals surface area (Å²) in [5.74, 6) is 0.553. The van der Waals surface area contributed by atoms with Gasteiger partial charge in [-0.2, -0.15) is 0 Å². The van der Waals surface area contributed by atoms with Gasteiger partial charge in [0.05, 0.1) is 11.6 Å². The molecule has 98 valence electrons. The molecule has 2 aliphatic rings. The van der Waals surface area contributed by atoms with Crippen molar-refractivity contribution in [2.24, 2.45) is 11.8 Å². The van der Waals surface area contributed by atoms with E-state index >= 15 is 0 Å². The average Bonchev–Trinajstić information content (AvgIpc) is 2.96. The molecule has 2 atom stereocenters. The van der Waals surface area contributed by atoms with Crippen molar-refractivity contribution in [3.63, 3.8) is 0 Å². The lowest BCUT2D eigenvalue weighted by Crippen LogP contribution is -2.25. The van der Waals surface area contributed by atoms with E-state index in [4.69, 9.17) is 9.84 Å². The van der Waals surface area contributed by atoms with Crippen LogP contribution < -0.4 is 0 Å². The number of aromatic nitrogens is 2. The number of imidazole rings is 1. The Hall–Kier alpha value is -1.36. The van der Waals surface area contributed by atoms with Crippen LogP contribution in [-0.2, 0) is 28.9 Å². The van der Waals surface area contributed by atoms with Gasteiger partial charge in [-0.15, -0.1) is 0 Å². The zero-order valence-corrected chi connectivity index (χ0v) is 10.3. The van der Waals surface area contributed by atoms with Crippen LogP contribution in [0.5, 0.6) is 0 Å². The summed E-state index contributed by atoms with van der Waals surface area (Å²) >= 11 is 0. The smallest absolute Gasteiger partial charge is 0.307 e. The number of carboxylic acids is 1. The van der Waals surface area contributed by atoms with Crippen LogP contribution in [-0.4, -0.2) is 33.8 Å². The molecule has 0 spiro atoms. The van der Waals surface area contributed by atoms with Gasteiger partial charge in [-0.1, -0.05) is 0 Å². The maximum absolute atomic E-state index is 11.0. The van der Waals surface area contributed by atoms with E-state index in [-0.39, 0.29) is 5.92 Å². The fourth-order valence-electron chi connectivity index (χ4n) is 2.84. The summed E-state index contributed by atoms with van der Waals surface area (Å²) in [4.78, 5) is 15.6. The second-order valence-corrected chi connectivity index (χ2v) is 5.30. The Morgan fingerprint density at radius 3 is 3.17 bits per heavy atom. The highest BCUT2D eigenvalue weighted by Crippen LogP contribution is 2.23. The molecule has 2 aliphatic heterocycles. The largest absolute Gasteiger partial charge is 0.481 e. The van der Waals surface area contributed by atoms with Crippen molar-refractivity contribution in [3.8, 4) is 0 Å². The summed E-state index contributed by atoms with van der Waals surface area (Å²) in [5, 5.41) is 9.05. The second kappa shape index (κ2) is 4.72. The first-order chi connectivity index (χ1) is 8.72. The maximum atomic E-state index is 11.0. The van der Waals surface area contributed by atoms with E-state index in [0.717, 1.165) is 44.1 Å². The lowest BCUT2D eigenvalue weighted by molar-refractivity contribution is -0.142. The first-order valence-corrected chi connectivity index (χ1v) is 6.58. The van der Waals surface area contributed by atoms with Crippen LogP contribution in [0.4, 0.5) is 0 Å².